The van der Waals surface area contributed by atoms with Gasteiger partial charge in [0.05, 0.1) is 17.5 Å². The molecule has 5 rings (SSSR count). The third kappa shape index (κ3) is 2.87. The second kappa shape index (κ2) is 6.76. The lowest BCUT2D eigenvalue weighted by molar-refractivity contribution is 0.322. The average Bonchev–Trinajstić information content (AvgIpc) is 3.18. The molecule has 0 saturated carbocycles. The Morgan fingerprint density at radius 1 is 0.966 bits per heavy atom. The normalized spacial score (nSPS) is 11.6. The smallest absolute Gasteiger partial charge is 0.345 e. The Bertz CT molecular complexity index is 1430. The number of para-hydroxylation sites is 1. The van der Waals surface area contributed by atoms with E-state index in [0.29, 0.717) is 22.4 Å². The molecule has 0 spiro atoms. The molecule has 0 saturated heterocycles. The summed E-state index contributed by atoms with van der Waals surface area (Å²) in [6.45, 7) is 0. The summed E-state index contributed by atoms with van der Waals surface area (Å²) in [5.74, 6) is 0. The molecule has 1 N–H and O–H groups in total. The number of rotatable bonds is 3. The van der Waals surface area contributed by atoms with Crippen molar-refractivity contribution in [3.63, 3.8) is 0 Å². The summed E-state index contributed by atoms with van der Waals surface area (Å²) in [6, 6.07) is 22.9. The van der Waals surface area contributed by atoms with Crippen LogP contribution in [0.5, 0.6) is 0 Å². The summed E-state index contributed by atoms with van der Waals surface area (Å²) in [5, 5.41) is 19.6. The molecule has 2 heterocycles. The van der Waals surface area contributed by atoms with Gasteiger partial charge in [0.1, 0.15) is 11.3 Å². The van der Waals surface area contributed by atoms with Gasteiger partial charge in [-0.05, 0) is 35.0 Å². The molecule has 6 nitrogen and oxygen atoms in total. The minimum atomic E-state index is -0.501. The summed E-state index contributed by atoms with van der Waals surface area (Å²) >= 11 is 0. The second-order valence-corrected chi connectivity index (χ2v) is 6.60. The van der Waals surface area contributed by atoms with Crippen LogP contribution in [-0.2, 0) is 0 Å². The number of fused-ring (bicyclic) bond motifs is 3. The summed E-state index contributed by atoms with van der Waals surface area (Å²) in [7, 11) is 0. The third-order valence-electron chi connectivity index (χ3n) is 4.86. The van der Waals surface area contributed by atoms with E-state index >= 15 is 0 Å². The first-order valence-electron chi connectivity index (χ1n) is 9.03. The molecule has 3 aromatic carbocycles. The van der Waals surface area contributed by atoms with Gasteiger partial charge in [-0.1, -0.05) is 53.7 Å². The maximum atomic E-state index is 12.7. The highest BCUT2D eigenvalue weighted by atomic mass is 16.4. The number of nitrogens with zero attached hydrogens (tertiary/aromatic N) is 3. The maximum absolute atomic E-state index is 12.7. The van der Waals surface area contributed by atoms with E-state index in [9.17, 15) is 4.79 Å². The Labute approximate surface area is 164 Å². The lowest BCUT2D eigenvalue weighted by atomic mass is 10.0. The van der Waals surface area contributed by atoms with Crippen molar-refractivity contribution in [2.24, 2.45) is 5.16 Å². The lowest BCUT2D eigenvalue weighted by Gasteiger charge is -2.05. The van der Waals surface area contributed by atoms with Crippen LogP contribution in [0.2, 0.25) is 0 Å². The Morgan fingerprint density at radius 3 is 2.59 bits per heavy atom. The van der Waals surface area contributed by atoms with Crippen LogP contribution < -0.4 is 5.63 Å². The first-order valence-corrected chi connectivity index (χ1v) is 9.03. The molecular weight excluding hydrogens is 366 g/mol. The summed E-state index contributed by atoms with van der Waals surface area (Å²) < 4.78 is 7.23. The lowest BCUT2D eigenvalue weighted by Crippen LogP contribution is -2.05. The van der Waals surface area contributed by atoms with E-state index < -0.39 is 5.63 Å². The predicted molar refractivity (Wildman–Crippen MR) is 112 cm³/mol. The quantitative estimate of drug-likeness (QED) is 0.163. The van der Waals surface area contributed by atoms with Crippen molar-refractivity contribution in [2.75, 3.05) is 0 Å². The highest BCUT2D eigenvalue weighted by molar-refractivity contribution is 6.06. The Morgan fingerprint density at radius 2 is 1.76 bits per heavy atom. The molecule has 140 valence electrons. The molecule has 6 heteroatoms. The van der Waals surface area contributed by atoms with Crippen molar-refractivity contribution in [1.82, 2.24) is 9.78 Å². The minimum Gasteiger partial charge on any atom is -0.422 e. The molecule has 0 unspecified atom stereocenters. The number of oxime groups is 1. The average molecular weight is 381 g/mol. The fourth-order valence-corrected chi connectivity index (χ4v) is 3.50. The van der Waals surface area contributed by atoms with E-state index in [0.717, 1.165) is 21.8 Å². The van der Waals surface area contributed by atoms with Crippen LogP contribution in [-0.4, -0.2) is 21.2 Å². The SMILES string of the molecule is O=c1oc2ccc3ccccc3c2cc1-c1nn(-c2ccccc2)cc1/C=N/O. The number of hydrogen-bond donors (Lipinski definition) is 1. The van der Waals surface area contributed by atoms with Gasteiger partial charge in [-0.2, -0.15) is 5.10 Å². The van der Waals surface area contributed by atoms with E-state index in [1.165, 1.54) is 6.21 Å². The van der Waals surface area contributed by atoms with Crippen LogP contribution in [0.3, 0.4) is 0 Å². The largest absolute Gasteiger partial charge is 0.422 e. The third-order valence-corrected chi connectivity index (χ3v) is 4.86. The number of aromatic nitrogens is 2. The zero-order chi connectivity index (χ0) is 19.8. The van der Waals surface area contributed by atoms with Gasteiger partial charge in [-0.15, -0.1) is 0 Å². The van der Waals surface area contributed by atoms with Crippen LogP contribution >= 0.6 is 0 Å². The second-order valence-electron chi connectivity index (χ2n) is 6.60. The van der Waals surface area contributed by atoms with Gasteiger partial charge in [0.15, 0.2) is 0 Å². The zero-order valence-electron chi connectivity index (χ0n) is 15.2. The van der Waals surface area contributed by atoms with Crippen molar-refractivity contribution < 1.29 is 9.62 Å². The molecule has 5 aromatic rings. The monoisotopic (exact) mass is 381 g/mol. The Kier molecular flexibility index (Phi) is 3.95. The summed E-state index contributed by atoms with van der Waals surface area (Å²) in [4.78, 5) is 12.7. The molecule has 0 bridgehead atoms. The van der Waals surface area contributed by atoms with Gasteiger partial charge in [-0.25, -0.2) is 9.48 Å². The van der Waals surface area contributed by atoms with Gasteiger partial charge < -0.3 is 9.62 Å². The van der Waals surface area contributed by atoms with E-state index in [1.54, 1.807) is 23.0 Å². The topological polar surface area (TPSA) is 80.6 Å². The van der Waals surface area contributed by atoms with Crippen molar-refractivity contribution in [3.05, 3.63) is 95.0 Å². The summed E-state index contributed by atoms with van der Waals surface area (Å²) in [5.41, 5.74) is 2.02. The van der Waals surface area contributed by atoms with Crippen LogP contribution in [0.4, 0.5) is 0 Å². The van der Waals surface area contributed by atoms with Crippen LogP contribution in [0.15, 0.2) is 93.4 Å². The fourth-order valence-electron chi connectivity index (χ4n) is 3.50. The van der Waals surface area contributed by atoms with E-state index in [2.05, 4.69) is 10.3 Å². The van der Waals surface area contributed by atoms with Gasteiger partial charge in [0.25, 0.3) is 0 Å². The highest BCUT2D eigenvalue weighted by Crippen LogP contribution is 2.28. The zero-order valence-corrected chi connectivity index (χ0v) is 15.2. The van der Waals surface area contributed by atoms with Crippen molar-refractivity contribution in [2.45, 2.75) is 0 Å². The van der Waals surface area contributed by atoms with E-state index in [4.69, 9.17) is 9.62 Å². The number of benzene rings is 3. The Hall–Kier alpha value is -4.19. The predicted octanol–water partition coefficient (Wildman–Crippen LogP) is 4.61. The van der Waals surface area contributed by atoms with Crippen LogP contribution in [0.25, 0.3) is 38.7 Å². The van der Waals surface area contributed by atoms with E-state index in [-0.39, 0.29) is 0 Å². The minimum absolute atomic E-state index is 0.304. The molecule has 0 atom stereocenters. The fraction of sp³-hybridized carbons (Fsp3) is 0. The summed E-state index contributed by atoms with van der Waals surface area (Å²) in [6.07, 6.45) is 2.96. The maximum Gasteiger partial charge on any atom is 0.345 e. The Balaban J connectivity index is 1.79. The molecule has 0 radical (unpaired) electrons. The van der Waals surface area contributed by atoms with Gasteiger partial charge >= 0.3 is 5.63 Å². The standard InChI is InChI=1S/C23H15N3O3/c27-23-20(12-19-18-9-5-4-6-15(18)10-11-21(19)29-23)22-16(13-24-28)14-26(25-22)17-7-2-1-3-8-17/h1-14,28H/b24-13+. The first-order chi connectivity index (χ1) is 14.2. The molecular formula is C23H15N3O3. The van der Waals surface area contributed by atoms with Crippen LogP contribution in [0.1, 0.15) is 5.56 Å². The van der Waals surface area contributed by atoms with Gasteiger partial charge in [0, 0.05) is 17.1 Å². The van der Waals surface area contributed by atoms with Crippen molar-refractivity contribution in [1.29, 1.82) is 0 Å². The van der Waals surface area contributed by atoms with Crippen molar-refractivity contribution in [3.8, 4) is 16.9 Å². The first kappa shape index (κ1) is 16.9. The van der Waals surface area contributed by atoms with E-state index in [1.807, 2.05) is 60.7 Å². The molecule has 29 heavy (non-hydrogen) atoms. The molecule has 0 aliphatic rings. The number of hydrogen-bond acceptors (Lipinski definition) is 5. The molecule has 0 amide bonds. The molecule has 0 fully saturated rings. The van der Waals surface area contributed by atoms with Crippen LogP contribution in [0, 0.1) is 0 Å². The highest BCUT2D eigenvalue weighted by Gasteiger charge is 2.17. The van der Waals surface area contributed by atoms with Gasteiger partial charge in [0.2, 0.25) is 0 Å². The molecule has 0 aliphatic carbocycles. The molecule has 0 aliphatic heterocycles. The molecule has 2 aromatic heterocycles. The van der Waals surface area contributed by atoms with Gasteiger partial charge in [-0.3, -0.25) is 0 Å². The van der Waals surface area contributed by atoms with Crippen molar-refractivity contribution >= 4 is 28.0 Å².